The van der Waals surface area contributed by atoms with Gasteiger partial charge in [-0.1, -0.05) is 15.9 Å². The molecule has 0 atom stereocenters. The molecule has 0 saturated heterocycles. The first-order chi connectivity index (χ1) is 8.26. The van der Waals surface area contributed by atoms with Gasteiger partial charge >= 0.3 is 5.97 Å². The summed E-state index contributed by atoms with van der Waals surface area (Å²) in [5.74, 6) is -2.04. The van der Waals surface area contributed by atoms with E-state index in [-0.39, 0.29) is 15.7 Å². The second kappa shape index (κ2) is 5.69. The van der Waals surface area contributed by atoms with Crippen molar-refractivity contribution in [3.05, 3.63) is 26.6 Å². The summed E-state index contributed by atoms with van der Waals surface area (Å²) in [6.07, 6.45) is 0. The van der Waals surface area contributed by atoms with Crippen LogP contribution < -0.4 is 4.72 Å². The molecule has 1 aromatic carbocycles. The van der Waals surface area contributed by atoms with Gasteiger partial charge in [-0.3, -0.25) is 4.72 Å². The van der Waals surface area contributed by atoms with Crippen LogP contribution >= 0.6 is 31.9 Å². The number of anilines is 1. The number of nitrogens with zero attached hydrogens (tertiary/aromatic N) is 1. The van der Waals surface area contributed by atoms with Gasteiger partial charge < -0.3 is 5.11 Å². The van der Waals surface area contributed by atoms with E-state index >= 15 is 0 Å². The van der Waals surface area contributed by atoms with E-state index in [0.717, 1.165) is 0 Å². The van der Waals surface area contributed by atoms with Crippen molar-refractivity contribution in [2.45, 2.75) is 0 Å². The number of carboxylic acids is 1. The standard InChI is InChI=1S/C9H6Br2N2O4S/c10-5-3-6(9(14)15)8(7(11)4-5)13-18(16,17)2-1-12/h3-4,13H,2H2,(H,14,15). The predicted molar refractivity (Wildman–Crippen MR) is 71.8 cm³/mol. The predicted octanol–water partition coefficient (Wildman–Crippen LogP) is 2.18. The van der Waals surface area contributed by atoms with Crippen LogP contribution in [0.25, 0.3) is 0 Å². The molecule has 0 unspecified atom stereocenters. The van der Waals surface area contributed by atoms with Gasteiger partial charge in [-0.2, -0.15) is 5.26 Å². The number of hydrogen-bond acceptors (Lipinski definition) is 4. The van der Waals surface area contributed by atoms with Crippen molar-refractivity contribution in [1.82, 2.24) is 0 Å². The third kappa shape index (κ3) is 3.69. The van der Waals surface area contributed by atoms with Crippen LogP contribution in [-0.4, -0.2) is 25.2 Å². The van der Waals surface area contributed by atoms with Gasteiger partial charge in [-0.15, -0.1) is 0 Å². The number of aromatic carboxylic acids is 1. The van der Waals surface area contributed by atoms with Gasteiger partial charge in [-0.05, 0) is 28.1 Å². The van der Waals surface area contributed by atoms with Crippen LogP contribution in [0.15, 0.2) is 21.1 Å². The first kappa shape index (κ1) is 14.9. The first-order valence-corrected chi connectivity index (χ1v) is 7.60. The fourth-order valence-corrected chi connectivity index (χ4v) is 3.35. The topological polar surface area (TPSA) is 107 Å². The number of halogens is 2. The van der Waals surface area contributed by atoms with Crippen molar-refractivity contribution >= 4 is 53.5 Å². The zero-order valence-electron chi connectivity index (χ0n) is 8.65. The Balaban J connectivity index is 3.33. The number of nitriles is 1. The summed E-state index contributed by atoms with van der Waals surface area (Å²) in [7, 11) is -3.90. The van der Waals surface area contributed by atoms with Crippen molar-refractivity contribution in [3.63, 3.8) is 0 Å². The number of benzene rings is 1. The number of carboxylic acid groups (broad SMARTS) is 1. The molecule has 0 amide bonds. The molecule has 0 aliphatic heterocycles. The highest BCUT2D eigenvalue weighted by atomic mass is 79.9. The molecule has 0 saturated carbocycles. The van der Waals surface area contributed by atoms with E-state index in [1.807, 2.05) is 0 Å². The van der Waals surface area contributed by atoms with E-state index in [2.05, 4.69) is 36.6 Å². The highest BCUT2D eigenvalue weighted by molar-refractivity contribution is 9.11. The molecule has 0 bridgehead atoms. The maximum Gasteiger partial charge on any atom is 0.337 e. The Hall–Kier alpha value is -1.11. The number of carbonyl (C=O) groups is 1. The van der Waals surface area contributed by atoms with Crippen LogP contribution in [0.1, 0.15) is 10.4 Å². The Labute approximate surface area is 120 Å². The number of rotatable bonds is 4. The fraction of sp³-hybridized carbons (Fsp3) is 0.111. The second-order valence-electron chi connectivity index (χ2n) is 3.13. The quantitative estimate of drug-likeness (QED) is 0.809. The van der Waals surface area contributed by atoms with Crippen LogP contribution in [0, 0.1) is 11.3 Å². The molecule has 0 spiro atoms. The smallest absolute Gasteiger partial charge is 0.337 e. The van der Waals surface area contributed by atoms with E-state index in [9.17, 15) is 13.2 Å². The maximum atomic E-state index is 11.5. The molecule has 0 heterocycles. The second-order valence-corrected chi connectivity index (χ2v) is 6.63. The molecule has 9 heteroatoms. The Morgan fingerprint density at radius 2 is 2.06 bits per heavy atom. The number of hydrogen-bond donors (Lipinski definition) is 2. The third-order valence-corrected chi connectivity index (χ3v) is 3.91. The zero-order valence-corrected chi connectivity index (χ0v) is 12.6. The van der Waals surface area contributed by atoms with Crippen molar-refractivity contribution in [2.24, 2.45) is 0 Å². The molecular weight excluding hydrogens is 392 g/mol. The lowest BCUT2D eigenvalue weighted by Gasteiger charge is -2.11. The summed E-state index contributed by atoms with van der Waals surface area (Å²) < 4.78 is 25.7. The summed E-state index contributed by atoms with van der Waals surface area (Å²) in [4.78, 5) is 11.0. The van der Waals surface area contributed by atoms with Crippen molar-refractivity contribution < 1.29 is 18.3 Å². The van der Waals surface area contributed by atoms with Crippen LogP contribution in [0.2, 0.25) is 0 Å². The molecule has 6 nitrogen and oxygen atoms in total. The van der Waals surface area contributed by atoms with Gasteiger partial charge in [-0.25, -0.2) is 13.2 Å². The Morgan fingerprint density at radius 1 is 1.44 bits per heavy atom. The fourth-order valence-electron chi connectivity index (χ4n) is 1.12. The largest absolute Gasteiger partial charge is 0.478 e. The zero-order chi connectivity index (χ0) is 13.9. The molecule has 0 aromatic heterocycles. The molecule has 2 N–H and O–H groups in total. The lowest BCUT2D eigenvalue weighted by molar-refractivity contribution is 0.0698. The van der Waals surface area contributed by atoms with Crippen LogP contribution in [0.3, 0.4) is 0 Å². The molecule has 0 aliphatic carbocycles. The minimum absolute atomic E-state index is 0.110. The molecule has 1 rings (SSSR count). The number of nitrogens with one attached hydrogen (secondary N) is 1. The summed E-state index contributed by atoms with van der Waals surface area (Å²) in [6, 6.07) is 4.24. The van der Waals surface area contributed by atoms with Gasteiger partial charge in [0.05, 0.1) is 17.3 Å². The van der Waals surface area contributed by atoms with Gasteiger partial charge in [0.15, 0.2) is 5.75 Å². The highest BCUT2D eigenvalue weighted by Crippen LogP contribution is 2.31. The monoisotopic (exact) mass is 396 g/mol. The summed E-state index contributed by atoms with van der Waals surface area (Å²) in [5, 5.41) is 17.4. The van der Waals surface area contributed by atoms with Gasteiger partial charge in [0.1, 0.15) is 0 Å². The van der Waals surface area contributed by atoms with E-state index in [0.29, 0.717) is 4.47 Å². The van der Waals surface area contributed by atoms with E-state index in [4.69, 9.17) is 10.4 Å². The highest BCUT2D eigenvalue weighted by Gasteiger charge is 2.19. The molecular formula is C9H6Br2N2O4S. The van der Waals surface area contributed by atoms with Crippen LogP contribution in [-0.2, 0) is 10.0 Å². The Bertz CT molecular complexity index is 637. The summed E-state index contributed by atoms with van der Waals surface area (Å²) in [5.41, 5.74) is -0.335. The third-order valence-electron chi connectivity index (χ3n) is 1.80. The average Bonchev–Trinajstić information content (AvgIpc) is 2.21. The minimum atomic E-state index is -3.90. The average molecular weight is 398 g/mol. The Morgan fingerprint density at radius 3 is 2.56 bits per heavy atom. The SMILES string of the molecule is N#CCS(=O)(=O)Nc1c(Br)cc(Br)cc1C(=O)O. The van der Waals surface area contributed by atoms with Gasteiger partial charge in [0.25, 0.3) is 0 Å². The number of sulfonamides is 1. The first-order valence-electron chi connectivity index (χ1n) is 4.36. The lowest BCUT2D eigenvalue weighted by Crippen LogP contribution is -2.18. The molecule has 1 aromatic rings. The van der Waals surface area contributed by atoms with Crippen molar-refractivity contribution in [2.75, 3.05) is 10.5 Å². The molecule has 96 valence electrons. The maximum absolute atomic E-state index is 11.5. The van der Waals surface area contributed by atoms with Crippen molar-refractivity contribution in [1.29, 1.82) is 5.26 Å². The Kier molecular flexibility index (Phi) is 4.72. The van der Waals surface area contributed by atoms with Crippen molar-refractivity contribution in [3.8, 4) is 6.07 Å². The normalized spacial score (nSPS) is 10.7. The van der Waals surface area contributed by atoms with E-state index in [1.54, 1.807) is 0 Å². The van der Waals surface area contributed by atoms with E-state index < -0.39 is 21.7 Å². The minimum Gasteiger partial charge on any atom is -0.478 e. The molecule has 0 fully saturated rings. The summed E-state index contributed by atoms with van der Waals surface area (Å²) >= 11 is 6.17. The lowest BCUT2D eigenvalue weighted by atomic mass is 10.2. The van der Waals surface area contributed by atoms with Crippen LogP contribution in [0.5, 0.6) is 0 Å². The van der Waals surface area contributed by atoms with Crippen LogP contribution in [0.4, 0.5) is 5.69 Å². The molecule has 18 heavy (non-hydrogen) atoms. The van der Waals surface area contributed by atoms with E-state index in [1.165, 1.54) is 18.2 Å². The summed E-state index contributed by atoms with van der Waals surface area (Å²) in [6.45, 7) is 0. The molecule has 0 aliphatic rings. The van der Waals surface area contributed by atoms with Gasteiger partial charge in [0.2, 0.25) is 10.0 Å². The van der Waals surface area contributed by atoms with Gasteiger partial charge in [0, 0.05) is 8.95 Å². The molecule has 0 radical (unpaired) electrons.